The number of nitrogens with zero attached hydrogens (tertiary/aromatic N) is 2. The standard InChI is InChI=1S/C6H7F3N2/c1-5-2-3-11(10-5)4-6(7,8)9/h2-3H,4H2,1H3/i2D. The minimum atomic E-state index is -4.27. The molecule has 0 fully saturated rings. The van der Waals surface area contributed by atoms with Crippen LogP contribution in [0.1, 0.15) is 7.06 Å². The van der Waals surface area contributed by atoms with Crippen LogP contribution in [0.5, 0.6) is 0 Å². The molecule has 1 aromatic rings. The van der Waals surface area contributed by atoms with Crippen LogP contribution in [0.2, 0.25) is 0 Å². The molecule has 0 atom stereocenters. The average molecular weight is 165 g/mol. The number of aryl methyl sites for hydroxylation is 1. The van der Waals surface area contributed by atoms with E-state index in [0.717, 1.165) is 10.9 Å². The van der Waals surface area contributed by atoms with Gasteiger partial charge in [-0.3, -0.25) is 4.68 Å². The number of hydrogen-bond donors (Lipinski definition) is 0. The Bertz CT molecular complexity index is 259. The summed E-state index contributed by atoms with van der Waals surface area (Å²) in [5, 5.41) is 3.50. The minimum absolute atomic E-state index is 0.0271. The molecule has 1 heterocycles. The molecule has 0 bridgehead atoms. The van der Waals surface area contributed by atoms with Gasteiger partial charge in [0.2, 0.25) is 0 Å². The van der Waals surface area contributed by atoms with Gasteiger partial charge in [0.25, 0.3) is 0 Å². The van der Waals surface area contributed by atoms with E-state index in [1.54, 1.807) is 0 Å². The van der Waals surface area contributed by atoms with Crippen LogP contribution in [-0.2, 0) is 6.54 Å². The van der Waals surface area contributed by atoms with Gasteiger partial charge in [-0.25, -0.2) is 0 Å². The summed E-state index contributed by atoms with van der Waals surface area (Å²) in [6.07, 6.45) is -3.21. The van der Waals surface area contributed by atoms with Gasteiger partial charge in [0.15, 0.2) is 0 Å². The fourth-order valence-corrected chi connectivity index (χ4v) is 0.683. The predicted octanol–water partition coefficient (Wildman–Crippen LogP) is 1.75. The molecule has 0 spiro atoms. The van der Waals surface area contributed by atoms with Crippen molar-refractivity contribution in [2.45, 2.75) is 19.6 Å². The highest BCUT2D eigenvalue weighted by atomic mass is 19.4. The van der Waals surface area contributed by atoms with Crippen molar-refractivity contribution in [3.8, 4) is 0 Å². The molecule has 0 saturated carbocycles. The molecule has 1 aromatic heterocycles. The van der Waals surface area contributed by atoms with E-state index in [1.165, 1.54) is 6.92 Å². The molecule has 1 rings (SSSR count). The Labute approximate surface area is 63.0 Å². The molecule has 0 amide bonds. The number of hydrogen-bond acceptors (Lipinski definition) is 1. The maximum absolute atomic E-state index is 11.8. The second kappa shape index (κ2) is 2.56. The lowest BCUT2D eigenvalue weighted by molar-refractivity contribution is -0.142. The molecule has 0 aliphatic carbocycles. The summed E-state index contributed by atoms with van der Waals surface area (Å²) in [5.74, 6) is 0. The molecule has 62 valence electrons. The summed E-state index contributed by atoms with van der Waals surface area (Å²) >= 11 is 0. The Balaban J connectivity index is 2.77. The SMILES string of the molecule is [2H]c1cn(CC(F)(F)F)nc1C. The zero-order valence-electron chi connectivity index (χ0n) is 6.81. The fourth-order valence-electron chi connectivity index (χ4n) is 0.683. The van der Waals surface area contributed by atoms with Gasteiger partial charge in [-0.15, -0.1) is 0 Å². The van der Waals surface area contributed by atoms with E-state index < -0.39 is 12.7 Å². The zero-order valence-corrected chi connectivity index (χ0v) is 5.81. The van der Waals surface area contributed by atoms with Gasteiger partial charge in [0, 0.05) is 6.20 Å². The lowest BCUT2D eigenvalue weighted by atomic mass is 10.5. The minimum Gasteiger partial charge on any atom is -0.263 e. The van der Waals surface area contributed by atoms with E-state index in [9.17, 15) is 13.2 Å². The van der Waals surface area contributed by atoms with Crippen molar-refractivity contribution >= 4 is 0 Å². The van der Waals surface area contributed by atoms with Crippen molar-refractivity contribution in [1.82, 2.24) is 9.78 Å². The van der Waals surface area contributed by atoms with Crippen LogP contribution < -0.4 is 0 Å². The Morgan fingerprint density at radius 1 is 1.73 bits per heavy atom. The van der Waals surface area contributed by atoms with Gasteiger partial charge in [-0.05, 0) is 13.0 Å². The highest BCUT2D eigenvalue weighted by Crippen LogP contribution is 2.16. The van der Waals surface area contributed by atoms with Gasteiger partial charge >= 0.3 is 6.18 Å². The van der Waals surface area contributed by atoms with Crippen molar-refractivity contribution in [2.24, 2.45) is 0 Å². The molecule has 0 unspecified atom stereocenters. The van der Waals surface area contributed by atoms with E-state index in [0.29, 0.717) is 5.69 Å². The highest BCUT2D eigenvalue weighted by Gasteiger charge is 2.28. The molecule has 5 heteroatoms. The summed E-state index contributed by atoms with van der Waals surface area (Å²) in [7, 11) is 0. The van der Waals surface area contributed by atoms with Gasteiger partial charge in [0.1, 0.15) is 6.54 Å². The molecule has 0 N–H and O–H groups in total. The first-order chi connectivity index (χ1) is 5.38. The van der Waals surface area contributed by atoms with Gasteiger partial charge < -0.3 is 0 Å². The van der Waals surface area contributed by atoms with Crippen LogP contribution in [0, 0.1) is 6.92 Å². The van der Waals surface area contributed by atoms with E-state index in [2.05, 4.69) is 5.10 Å². The van der Waals surface area contributed by atoms with E-state index in [-0.39, 0.29) is 6.04 Å². The van der Waals surface area contributed by atoms with Crippen LogP contribution in [0.3, 0.4) is 0 Å². The molecular weight excluding hydrogens is 157 g/mol. The number of alkyl halides is 3. The first-order valence-electron chi connectivity index (χ1n) is 3.46. The number of aromatic nitrogens is 2. The molecule has 0 radical (unpaired) electrons. The van der Waals surface area contributed by atoms with Gasteiger partial charge in [-0.2, -0.15) is 18.3 Å². The normalized spacial score (nSPS) is 13.3. The molecule has 0 saturated heterocycles. The molecule has 0 aliphatic heterocycles. The summed E-state index contributed by atoms with van der Waals surface area (Å²) in [4.78, 5) is 0. The smallest absolute Gasteiger partial charge is 0.263 e. The van der Waals surface area contributed by atoms with Crippen molar-refractivity contribution in [3.63, 3.8) is 0 Å². The maximum Gasteiger partial charge on any atom is 0.408 e. The Kier molecular flexibility index (Phi) is 1.56. The van der Waals surface area contributed by atoms with Crippen molar-refractivity contribution in [3.05, 3.63) is 17.9 Å². The quantitative estimate of drug-likeness (QED) is 0.619. The molecule has 2 nitrogen and oxygen atoms in total. The van der Waals surface area contributed by atoms with E-state index >= 15 is 0 Å². The lowest BCUT2D eigenvalue weighted by Crippen LogP contribution is -2.17. The third-order valence-corrected chi connectivity index (χ3v) is 1.04. The molecular formula is C6H7F3N2. The average Bonchev–Trinajstić information content (AvgIpc) is 2.07. The summed E-state index contributed by atoms with van der Waals surface area (Å²) in [6.45, 7) is 0.363. The van der Waals surface area contributed by atoms with Crippen molar-refractivity contribution in [2.75, 3.05) is 0 Å². The van der Waals surface area contributed by atoms with E-state index in [4.69, 9.17) is 1.37 Å². The van der Waals surface area contributed by atoms with Crippen LogP contribution in [0.15, 0.2) is 12.2 Å². The maximum atomic E-state index is 11.8. The molecule has 11 heavy (non-hydrogen) atoms. The third-order valence-electron chi connectivity index (χ3n) is 1.04. The highest BCUT2D eigenvalue weighted by molar-refractivity contribution is 4.94. The topological polar surface area (TPSA) is 17.8 Å². The lowest BCUT2D eigenvalue weighted by Gasteiger charge is -2.04. The second-order valence-corrected chi connectivity index (χ2v) is 2.17. The zero-order chi connectivity index (χ0) is 9.35. The second-order valence-electron chi connectivity index (χ2n) is 2.17. The summed E-state index contributed by atoms with van der Waals surface area (Å²) in [6, 6.07) is 0.0271. The van der Waals surface area contributed by atoms with Crippen LogP contribution >= 0.6 is 0 Å². The predicted molar refractivity (Wildman–Crippen MR) is 33.0 cm³/mol. The largest absolute Gasteiger partial charge is 0.408 e. The fraction of sp³-hybridized carbons (Fsp3) is 0.500. The number of halogens is 3. The first kappa shape index (κ1) is 6.69. The van der Waals surface area contributed by atoms with Crippen molar-refractivity contribution in [1.29, 1.82) is 0 Å². The monoisotopic (exact) mass is 165 g/mol. The van der Waals surface area contributed by atoms with Crippen molar-refractivity contribution < 1.29 is 14.5 Å². The van der Waals surface area contributed by atoms with Crippen LogP contribution in [0.25, 0.3) is 0 Å². The van der Waals surface area contributed by atoms with Gasteiger partial charge in [-0.1, -0.05) is 0 Å². The number of rotatable bonds is 1. The summed E-state index contributed by atoms with van der Waals surface area (Å²) in [5.41, 5.74) is 0.305. The van der Waals surface area contributed by atoms with Gasteiger partial charge in [0.05, 0.1) is 7.06 Å². The van der Waals surface area contributed by atoms with E-state index in [1.807, 2.05) is 0 Å². The Morgan fingerprint density at radius 2 is 2.36 bits per heavy atom. The third kappa shape index (κ3) is 2.61. The first-order valence-corrected chi connectivity index (χ1v) is 2.96. The summed E-state index contributed by atoms with van der Waals surface area (Å²) < 4.78 is 43.1. The Hall–Kier alpha value is -1.00. The molecule has 0 aliphatic rings. The van der Waals surface area contributed by atoms with Crippen LogP contribution in [0.4, 0.5) is 13.2 Å². The Morgan fingerprint density at radius 3 is 2.73 bits per heavy atom. The molecule has 0 aromatic carbocycles. The van der Waals surface area contributed by atoms with Crippen LogP contribution in [-0.4, -0.2) is 16.0 Å².